The standard InChI is InChI=1S/C16H15ClN4O/c1-20-14-5-3-2-4-13(14)19-16(20)11-6-15(18-7-12(11)17)21-8-10(22)9-21/h2-7,10,22H,8-9H2,1H3. The van der Waals surface area contributed by atoms with Crippen LogP contribution in [0.15, 0.2) is 36.5 Å². The summed E-state index contributed by atoms with van der Waals surface area (Å²) < 4.78 is 2.03. The quantitative estimate of drug-likeness (QED) is 0.789. The van der Waals surface area contributed by atoms with E-state index in [0.717, 1.165) is 28.2 Å². The van der Waals surface area contributed by atoms with Crippen molar-refractivity contribution in [1.29, 1.82) is 0 Å². The molecule has 0 atom stereocenters. The van der Waals surface area contributed by atoms with E-state index in [9.17, 15) is 5.11 Å². The van der Waals surface area contributed by atoms with Crippen LogP contribution in [0.5, 0.6) is 0 Å². The molecule has 0 bridgehead atoms. The highest BCUT2D eigenvalue weighted by Crippen LogP contribution is 2.32. The zero-order valence-corrected chi connectivity index (χ0v) is 12.8. The maximum Gasteiger partial charge on any atom is 0.142 e. The summed E-state index contributed by atoms with van der Waals surface area (Å²) >= 11 is 6.34. The van der Waals surface area contributed by atoms with Gasteiger partial charge in [-0.3, -0.25) is 0 Å². The number of β-amino-alcohol motifs (C(OH)–C–C–N with tert-alkyl or cyclic N) is 1. The maximum absolute atomic E-state index is 9.45. The van der Waals surface area contributed by atoms with Crippen LogP contribution in [0.25, 0.3) is 22.4 Å². The van der Waals surface area contributed by atoms with Gasteiger partial charge in [-0.15, -0.1) is 0 Å². The molecule has 0 unspecified atom stereocenters. The topological polar surface area (TPSA) is 54.2 Å². The number of benzene rings is 1. The molecular formula is C16H15ClN4O. The lowest BCUT2D eigenvalue weighted by molar-refractivity contribution is 0.141. The van der Waals surface area contributed by atoms with Crippen molar-refractivity contribution in [3.63, 3.8) is 0 Å². The second kappa shape index (κ2) is 4.97. The molecule has 22 heavy (non-hydrogen) atoms. The third-order valence-electron chi connectivity index (χ3n) is 4.06. The van der Waals surface area contributed by atoms with E-state index in [4.69, 9.17) is 11.6 Å². The molecule has 112 valence electrons. The summed E-state index contributed by atoms with van der Waals surface area (Å²) in [5.41, 5.74) is 2.85. The fraction of sp³-hybridized carbons (Fsp3) is 0.250. The number of para-hydroxylation sites is 2. The zero-order chi connectivity index (χ0) is 15.3. The first-order chi connectivity index (χ1) is 10.6. The minimum atomic E-state index is -0.267. The molecule has 0 radical (unpaired) electrons. The van der Waals surface area contributed by atoms with Crippen LogP contribution < -0.4 is 4.90 Å². The van der Waals surface area contributed by atoms with Gasteiger partial charge in [0.05, 0.1) is 22.2 Å². The SMILES string of the molecule is Cn1c(-c2cc(N3CC(O)C3)ncc2Cl)nc2ccccc21. The van der Waals surface area contributed by atoms with E-state index in [1.165, 1.54) is 0 Å². The van der Waals surface area contributed by atoms with Crippen molar-refractivity contribution < 1.29 is 5.11 Å². The van der Waals surface area contributed by atoms with Gasteiger partial charge in [0.15, 0.2) is 0 Å². The van der Waals surface area contributed by atoms with Gasteiger partial charge >= 0.3 is 0 Å². The number of rotatable bonds is 2. The van der Waals surface area contributed by atoms with E-state index in [1.807, 2.05) is 46.8 Å². The van der Waals surface area contributed by atoms with Gasteiger partial charge in [-0.2, -0.15) is 0 Å². The van der Waals surface area contributed by atoms with Gasteiger partial charge in [-0.25, -0.2) is 9.97 Å². The maximum atomic E-state index is 9.45. The number of nitrogens with zero attached hydrogens (tertiary/aromatic N) is 4. The Labute approximate surface area is 132 Å². The lowest BCUT2D eigenvalue weighted by atomic mass is 10.1. The number of hydrogen-bond acceptors (Lipinski definition) is 4. The molecule has 1 saturated heterocycles. The summed E-state index contributed by atoms with van der Waals surface area (Å²) in [7, 11) is 1.98. The molecule has 2 aromatic heterocycles. The fourth-order valence-corrected chi connectivity index (χ4v) is 2.99. The number of aliphatic hydroxyl groups excluding tert-OH is 1. The highest BCUT2D eigenvalue weighted by Gasteiger charge is 2.26. The summed E-state index contributed by atoms with van der Waals surface area (Å²) in [6.45, 7) is 1.22. The predicted octanol–water partition coefficient (Wildman–Crippen LogP) is 2.47. The number of halogens is 1. The monoisotopic (exact) mass is 314 g/mol. The van der Waals surface area contributed by atoms with Gasteiger partial charge in [0.1, 0.15) is 11.6 Å². The molecule has 3 aromatic rings. The van der Waals surface area contributed by atoms with Crippen LogP contribution in [0.1, 0.15) is 0 Å². The van der Waals surface area contributed by atoms with E-state index in [1.54, 1.807) is 6.20 Å². The zero-order valence-electron chi connectivity index (χ0n) is 12.1. The van der Waals surface area contributed by atoms with Crippen LogP contribution in [0.3, 0.4) is 0 Å². The summed E-state index contributed by atoms with van der Waals surface area (Å²) in [5, 5.41) is 10.0. The summed E-state index contributed by atoms with van der Waals surface area (Å²) in [6.07, 6.45) is 1.38. The third-order valence-corrected chi connectivity index (χ3v) is 4.36. The van der Waals surface area contributed by atoms with Crippen molar-refractivity contribution >= 4 is 28.5 Å². The molecule has 0 saturated carbocycles. The lowest BCUT2D eigenvalue weighted by Gasteiger charge is -2.37. The van der Waals surface area contributed by atoms with Crippen LogP contribution in [0.2, 0.25) is 5.02 Å². The molecular weight excluding hydrogens is 300 g/mol. The molecule has 1 aliphatic heterocycles. The van der Waals surface area contributed by atoms with Crippen molar-refractivity contribution in [2.24, 2.45) is 7.05 Å². The normalized spacial score (nSPS) is 15.3. The van der Waals surface area contributed by atoms with Crippen molar-refractivity contribution in [1.82, 2.24) is 14.5 Å². The van der Waals surface area contributed by atoms with Gasteiger partial charge in [0.25, 0.3) is 0 Å². The molecule has 6 heteroatoms. The number of fused-ring (bicyclic) bond motifs is 1. The Kier molecular flexibility index (Phi) is 3.06. The molecule has 1 aliphatic rings. The molecule has 0 amide bonds. The predicted molar refractivity (Wildman–Crippen MR) is 87.2 cm³/mol. The second-order valence-electron chi connectivity index (χ2n) is 5.56. The Hall–Kier alpha value is -2.11. The molecule has 1 fully saturated rings. The average molecular weight is 315 g/mol. The second-order valence-corrected chi connectivity index (χ2v) is 5.97. The van der Waals surface area contributed by atoms with Crippen LogP contribution in [-0.4, -0.2) is 38.8 Å². The lowest BCUT2D eigenvalue weighted by Crippen LogP contribution is -2.51. The van der Waals surface area contributed by atoms with Crippen LogP contribution in [0.4, 0.5) is 5.82 Å². The molecule has 0 spiro atoms. The van der Waals surface area contributed by atoms with Crippen molar-refractivity contribution in [3.05, 3.63) is 41.6 Å². The van der Waals surface area contributed by atoms with Gasteiger partial charge in [-0.1, -0.05) is 23.7 Å². The van der Waals surface area contributed by atoms with E-state index >= 15 is 0 Å². The number of aliphatic hydroxyl groups is 1. The highest BCUT2D eigenvalue weighted by atomic mass is 35.5. The van der Waals surface area contributed by atoms with Crippen molar-refractivity contribution in [2.75, 3.05) is 18.0 Å². The van der Waals surface area contributed by atoms with E-state index < -0.39 is 0 Å². The molecule has 0 aliphatic carbocycles. The van der Waals surface area contributed by atoms with Crippen LogP contribution in [-0.2, 0) is 7.05 Å². The average Bonchev–Trinajstić information content (AvgIpc) is 2.82. The molecule has 1 aromatic carbocycles. The van der Waals surface area contributed by atoms with Crippen molar-refractivity contribution in [3.8, 4) is 11.4 Å². The van der Waals surface area contributed by atoms with Gasteiger partial charge in [0.2, 0.25) is 0 Å². The van der Waals surface area contributed by atoms with Gasteiger partial charge in [0, 0.05) is 31.9 Å². The minimum Gasteiger partial charge on any atom is -0.389 e. The van der Waals surface area contributed by atoms with Gasteiger partial charge in [-0.05, 0) is 18.2 Å². The largest absolute Gasteiger partial charge is 0.389 e. The van der Waals surface area contributed by atoms with Crippen molar-refractivity contribution in [2.45, 2.75) is 6.10 Å². The first kappa shape index (κ1) is 13.5. The van der Waals surface area contributed by atoms with E-state index in [2.05, 4.69) is 9.97 Å². The first-order valence-electron chi connectivity index (χ1n) is 7.14. The summed E-state index contributed by atoms with van der Waals surface area (Å²) in [6, 6.07) is 9.93. The fourth-order valence-electron chi connectivity index (χ4n) is 2.80. The Morgan fingerprint density at radius 1 is 1.27 bits per heavy atom. The number of hydrogen-bond donors (Lipinski definition) is 1. The first-order valence-corrected chi connectivity index (χ1v) is 7.51. The third kappa shape index (κ3) is 2.05. The Morgan fingerprint density at radius 3 is 2.77 bits per heavy atom. The smallest absolute Gasteiger partial charge is 0.142 e. The Morgan fingerprint density at radius 2 is 2.05 bits per heavy atom. The highest BCUT2D eigenvalue weighted by molar-refractivity contribution is 6.33. The Bertz CT molecular complexity index is 854. The number of pyridine rings is 1. The molecule has 3 heterocycles. The van der Waals surface area contributed by atoms with Crippen LogP contribution in [0, 0.1) is 0 Å². The van der Waals surface area contributed by atoms with Gasteiger partial charge < -0.3 is 14.6 Å². The van der Waals surface area contributed by atoms with E-state index in [-0.39, 0.29) is 6.10 Å². The molecule has 4 rings (SSSR count). The molecule has 1 N–H and O–H groups in total. The summed E-state index contributed by atoms with van der Waals surface area (Å²) in [5.74, 6) is 1.63. The number of aryl methyl sites for hydroxylation is 1. The Balaban J connectivity index is 1.83. The number of anilines is 1. The number of aromatic nitrogens is 3. The van der Waals surface area contributed by atoms with Crippen LogP contribution >= 0.6 is 11.6 Å². The summed E-state index contributed by atoms with van der Waals surface area (Å²) in [4.78, 5) is 11.1. The van der Waals surface area contributed by atoms with E-state index in [0.29, 0.717) is 18.1 Å². The number of imidazole rings is 1. The molecule has 5 nitrogen and oxygen atoms in total. The minimum absolute atomic E-state index is 0.267.